The molecule has 0 amide bonds. The Morgan fingerprint density at radius 3 is 2.20 bits per heavy atom. The standard InChI is InChI=1S/C11H17NO2S/c1-8(9(2)12)10-6-4-5-7-11(10)15(3,13)14/h4-9H,12H2,1-3H3. The third kappa shape index (κ3) is 2.79. The zero-order valence-corrected chi connectivity index (χ0v) is 10.1. The van der Waals surface area contributed by atoms with E-state index in [0.29, 0.717) is 4.90 Å². The predicted octanol–water partition coefficient (Wildman–Crippen LogP) is 1.54. The summed E-state index contributed by atoms with van der Waals surface area (Å²) >= 11 is 0. The number of benzene rings is 1. The van der Waals surface area contributed by atoms with E-state index < -0.39 is 9.84 Å². The van der Waals surface area contributed by atoms with Crippen LogP contribution in [-0.2, 0) is 9.84 Å². The molecular formula is C11H17NO2S. The van der Waals surface area contributed by atoms with E-state index in [1.165, 1.54) is 6.26 Å². The monoisotopic (exact) mass is 227 g/mol. The second-order valence-electron chi connectivity index (χ2n) is 3.96. The van der Waals surface area contributed by atoms with Gasteiger partial charge < -0.3 is 5.73 Å². The molecule has 2 unspecified atom stereocenters. The van der Waals surface area contributed by atoms with Gasteiger partial charge in [-0.2, -0.15) is 0 Å². The van der Waals surface area contributed by atoms with Crippen molar-refractivity contribution >= 4 is 9.84 Å². The van der Waals surface area contributed by atoms with Gasteiger partial charge in [-0.05, 0) is 24.5 Å². The van der Waals surface area contributed by atoms with Crippen LogP contribution in [-0.4, -0.2) is 20.7 Å². The Morgan fingerprint density at radius 1 is 1.20 bits per heavy atom. The van der Waals surface area contributed by atoms with Crippen molar-refractivity contribution in [2.75, 3.05) is 6.26 Å². The number of nitrogens with two attached hydrogens (primary N) is 1. The molecule has 0 spiro atoms. The van der Waals surface area contributed by atoms with Crippen LogP contribution in [0.3, 0.4) is 0 Å². The molecule has 4 heteroatoms. The maximum atomic E-state index is 11.5. The fourth-order valence-electron chi connectivity index (χ4n) is 1.48. The van der Waals surface area contributed by atoms with Crippen molar-refractivity contribution in [3.63, 3.8) is 0 Å². The molecule has 3 nitrogen and oxygen atoms in total. The molecule has 0 saturated heterocycles. The molecule has 1 aromatic rings. The van der Waals surface area contributed by atoms with Crippen molar-refractivity contribution in [2.24, 2.45) is 5.73 Å². The highest BCUT2D eigenvalue weighted by Gasteiger charge is 2.19. The Hall–Kier alpha value is -0.870. The third-order valence-corrected chi connectivity index (χ3v) is 3.77. The molecule has 0 heterocycles. The Morgan fingerprint density at radius 2 is 1.73 bits per heavy atom. The summed E-state index contributed by atoms with van der Waals surface area (Å²) in [5.41, 5.74) is 6.59. The Labute approximate surface area is 91.2 Å². The summed E-state index contributed by atoms with van der Waals surface area (Å²) in [4.78, 5) is 0.384. The van der Waals surface area contributed by atoms with Crippen LogP contribution < -0.4 is 5.73 Å². The van der Waals surface area contributed by atoms with E-state index in [-0.39, 0.29) is 12.0 Å². The number of hydrogen-bond acceptors (Lipinski definition) is 3. The van der Waals surface area contributed by atoms with Crippen molar-refractivity contribution < 1.29 is 8.42 Å². The van der Waals surface area contributed by atoms with Gasteiger partial charge in [0.05, 0.1) is 4.90 Å². The fraction of sp³-hybridized carbons (Fsp3) is 0.455. The van der Waals surface area contributed by atoms with Gasteiger partial charge >= 0.3 is 0 Å². The first kappa shape index (κ1) is 12.2. The molecule has 1 aromatic carbocycles. The summed E-state index contributed by atoms with van der Waals surface area (Å²) in [6.07, 6.45) is 1.22. The van der Waals surface area contributed by atoms with E-state index in [1.54, 1.807) is 12.1 Å². The van der Waals surface area contributed by atoms with E-state index in [2.05, 4.69) is 0 Å². The lowest BCUT2D eigenvalue weighted by Gasteiger charge is -2.18. The largest absolute Gasteiger partial charge is 0.327 e. The van der Waals surface area contributed by atoms with Crippen LogP contribution >= 0.6 is 0 Å². The Kier molecular flexibility index (Phi) is 3.52. The minimum absolute atomic E-state index is 0.0379. The molecular weight excluding hydrogens is 210 g/mol. The van der Waals surface area contributed by atoms with Gasteiger partial charge in [0.15, 0.2) is 9.84 Å². The van der Waals surface area contributed by atoms with Crippen LogP contribution in [0.4, 0.5) is 0 Å². The van der Waals surface area contributed by atoms with Gasteiger partial charge in [-0.1, -0.05) is 25.1 Å². The molecule has 0 aromatic heterocycles. The first-order chi connectivity index (χ1) is 6.84. The number of rotatable bonds is 3. The lowest BCUT2D eigenvalue weighted by atomic mass is 9.95. The van der Waals surface area contributed by atoms with Crippen molar-refractivity contribution in [2.45, 2.75) is 30.7 Å². The van der Waals surface area contributed by atoms with Gasteiger partial charge in [-0.25, -0.2) is 8.42 Å². The molecule has 0 saturated carbocycles. The van der Waals surface area contributed by atoms with Crippen LogP contribution in [0.1, 0.15) is 25.3 Å². The summed E-state index contributed by atoms with van der Waals surface area (Å²) < 4.78 is 23.1. The highest BCUT2D eigenvalue weighted by Crippen LogP contribution is 2.25. The molecule has 2 atom stereocenters. The smallest absolute Gasteiger partial charge is 0.175 e. The normalized spacial score (nSPS) is 16.0. The topological polar surface area (TPSA) is 60.2 Å². The molecule has 15 heavy (non-hydrogen) atoms. The summed E-state index contributed by atoms with van der Waals surface area (Å²) in [6, 6.07) is 6.96. The lowest BCUT2D eigenvalue weighted by Crippen LogP contribution is -2.23. The zero-order chi connectivity index (χ0) is 11.6. The zero-order valence-electron chi connectivity index (χ0n) is 9.27. The predicted molar refractivity (Wildman–Crippen MR) is 61.6 cm³/mol. The van der Waals surface area contributed by atoms with Crippen LogP contribution in [0, 0.1) is 0 Å². The fourth-order valence-corrected chi connectivity index (χ4v) is 2.49. The summed E-state index contributed by atoms with van der Waals surface area (Å²) in [5.74, 6) is 0.0379. The Balaban J connectivity index is 3.31. The van der Waals surface area contributed by atoms with Crippen LogP contribution in [0.5, 0.6) is 0 Å². The Bertz CT molecular complexity index is 438. The average Bonchev–Trinajstić information content (AvgIpc) is 2.15. The molecule has 0 bridgehead atoms. The molecule has 0 radical (unpaired) electrons. The second kappa shape index (κ2) is 4.33. The van der Waals surface area contributed by atoms with Gasteiger partial charge in [-0.3, -0.25) is 0 Å². The number of hydrogen-bond donors (Lipinski definition) is 1. The number of sulfone groups is 1. The van der Waals surface area contributed by atoms with Crippen LogP contribution in [0.2, 0.25) is 0 Å². The highest BCUT2D eigenvalue weighted by atomic mass is 32.2. The van der Waals surface area contributed by atoms with Crippen molar-refractivity contribution in [3.05, 3.63) is 29.8 Å². The molecule has 2 N–H and O–H groups in total. The minimum atomic E-state index is -3.17. The van der Waals surface area contributed by atoms with E-state index in [0.717, 1.165) is 5.56 Å². The average molecular weight is 227 g/mol. The van der Waals surface area contributed by atoms with Gasteiger partial charge in [0.2, 0.25) is 0 Å². The maximum absolute atomic E-state index is 11.5. The van der Waals surface area contributed by atoms with Gasteiger partial charge in [0.1, 0.15) is 0 Å². The van der Waals surface area contributed by atoms with Crippen molar-refractivity contribution in [1.29, 1.82) is 0 Å². The highest BCUT2D eigenvalue weighted by molar-refractivity contribution is 7.90. The van der Waals surface area contributed by atoms with Crippen molar-refractivity contribution in [3.8, 4) is 0 Å². The third-order valence-electron chi connectivity index (χ3n) is 2.60. The second-order valence-corrected chi connectivity index (χ2v) is 5.94. The summed E-state index contributed by atoms with van der Waals surface area (Å²) in [7, 11) is -3.17. The molecule has 0 aliphatic carbocycles. The quantitative estimate of drug-likeness (QED) is 0.852. The summed E-state index contributed by atoms with van der Waals surface area (Å²) in [6.45, 7) is 3.82. The maximum Gasteiger partial charge on any atom is 0.175 e. The van der Waals surface area contributed by atoms with Crippen LogP contribution in [0.25, 0.3) is 0 Å². The van der Waals surface area contributed by atoms with Gasteiger partial charge in [0, 0.05) is 12.3 Å². The first-order valence-corrected chi connectivity index (χ1v) is 6.77. The SMILES string of the molecule is CC(N)C(C)c1ccccc1S(C)(=O)=O. The van der Waals surface area contributed by atoms with Crippen LogP contribution in [0.15, 0.2) is 29.2 Å². The lowest BCUT2D eigenvalue weighted by molar-refractivity contribution is 0.584. The molecule has 0 aliphatic heterocycles. The van der Waals surface area contributed by atoms with E-state index in [1.807, 2.05) is 26.0 Å². The minimum Gasteiger partial charge on any atom is -0.327 e. The summed E-state index contributed by atoms with van der Waals surface area (Å²) in [5, 5.41) is 0. The molecule has 1 rings (SSSR count). The van der Waals surface area contributed by atoms with E-state index >= 15 is 0 Å². The van der Waals surface area contributed by atoms with Gasteiger partial charge in [-0.15, -0.1) is 0 Å². The molecule has 0 fully saturated rings. The van der Waals surface area contributed by atoms with E-state index in [4.69, 9.17) is 5.73 Å². The van der Waals surface area contributed by atoms with Gasteiger partial charge in [0.25, 0.3) is 0 Å². The van der Waals surface area contributed by atoms with Crippen molar-refractivity contribution in [1.82, 2.24) is 0 Å². The first-order valence-electron chi connectivity index (χ1n) is 4.88. The van der Waals surface area contributed by atoms with E-state index in [9.17, 15) is 8.42 Å². The molecule has 0 aliphatic rings. The molecule has 84 valence electrons.